The van der Waals surface area contributed by atoms with Crippen molar-refractivity contribution in [2.24, 2.45) is 0 Å². The lowest BCUT2D eigenvalue weighted by Crippen LogP contribution is -2.25. The molecule has 9 heteroatoms. The lowest BCUT2D eigenvalue weighted by Gasteiger charge is -2.08. The van der Waals surface area contributed by atoms with Gasteiger partial charge in [0.05, 0.1) is 6.54 Å². The van der Waals surface area contributed by atoms with E-state index in [1.54, 1.807) is 4.57 Å². The molecule has 0 saturated heterocycles. The van der Waals surface area contributed by atoms with E-state index >= 15 is 0 Å². The van der Waals surface area contributed by atoms with Crippen molar-refractivity contribution in [1.29, 1.82) is 0 Å². The zero-order chi connectivity index (χ0) is 14.8. The second-order valence-electron chi connectivity index (χ2n) is 4.05. The van der Waals surface area contributed by atoms with Gasteiger partial charge in [-0.25, -0.2) is 17.5 Å². The molecule has 1 aromatic carbocycles. The number of nitrogens with zero attached hydrogens (tertiary/aromatic N) is 3. The zero-order valence-corrected chi connectivity index (χ0v) is 11.6. The van der Waals surface area contributed by atoms with E-state index in [0.29, 0.717) is 12.4 Å². The Morgan fingerprint density at radius 1 is 1.45 bits per heavy atom. The van der Waals surface area contributed by atoms with Crippen LogP contribution in [0.2, 0.25) is 0 Å². The Hall–Kier alpha value is -2.00. The van der Waals surface area contributed by atoms with Gasteiger partial charge in [0.15, 0.2) is 0 Å². The molecule has 0 aliphatic heterocycles. The minimum Gasteiger partial charge on any atom is -0.399 e. The largest absolute Gasteiger partial charge is 0.399 e. The highest BCUT2D eigenvalue weighted by Crippen LogP contribution is 2.17. The van der Waals surface area contributed by atoms with Gasteiger partial charge in [0, 0.05) is 12.2 Å². The van der Waals surface area contributed by atoms with Crippen molar-refractivity contribution < 1.29 is 12.8 Å². The topological polar surface area (TPSA) is 103 Å². The first kappa shape index (κ1) is 14.4. The van der Waals surface area contributed by atoms with Crippen LogP contribution >= 0.6 is 0 Å². The number of hydrogen-bond acceptors (Lipinski definition) is 5. The third kappa shape index (κ3) is 2.94. The number of nitrogen functional groups attached to an aromatic ring is 1. The van der Waals surface area contributed by atoms with Crippen LogP contribution in [0, 0.1) is 5.82 Å². The predicted molar refractivity (Wildman–Crippen MR) is 70.5 cm³/mol. The first-order valence-electron chi connectivity index (χ1n) is 5.85. The number of anilines is 1. The molecule has 20 heavy (non-hydrogen) atoms. The van der Waals surface area contributed by atoms with Crippen LogP contribution < -0.4 is 10.5 Å². The van der Waals surface area contributed by atoms with E-state index in [1.165, 1.54) is 12.4 Å². The normalized spacial score (nSPS) is 11.7. The maximum atomic E-state index is 13.6. The molecular formula is C11H14FN5O2S. The van der Waals surface area contributed by atoms with Crippen LogP contribution in [-0.4, -0.2) is 23.2 Å². The summed E-state index contributed by atoms with van der Waals surface area (Å²) in [4.78, 5) is -0.450. The van der Waals surface area contributed by atoms with Gasteiger partial charge >= 0.3 is 0 Å². The molecule has 0 atom stereocenters. The van der Waals surface area contributed by atoms with Crippen LogP contribution in [0.5, 0.6) is 0 Å². The smallest absolute Gasteiger partial charge is 0.243 e. The molecule has 0 fully saturated rings. The highest BCUT2D eigenvalue weighted by molar-refractivity contribution is 7.89. The van der Waals surface area contributed by atoms with Crippen LogP contribution in [-0.2, 0) is 23.1 Å². The van der Waals surface area contributed by atoms with E-state index in [-0.39, 0.29) is 12.2 Å². The third-order valence-corrected chi connectivity index (χ3v) is 4.14. The molecule has 1 heterocycles. The number of aryl methyl sites for hydroxylation is 1. The van der Waals surface area contributed by atoms with E-state index in [2.05, 4.69) is 14.9 Å². The minimum absolute atomic E-state index is 0.0695. The SMILES string of the molecule is CCn1cnnc1CNS(=O)(=O)c1ccc(N)cc1F. The maximum absolute atomic E-state index is 13.6. The molecule has 108 valence electrons. The van der Waals surface area contributed by atoms with Crippen molar-refractivity contribution in [3.63, 3.8) is 0 Å². The molecule has 3 N–H and O–H groups in total. The summed E-state index contributed by atoms with van der Waals surface area (Å²) in [6.07, 6.45) is 1.49. The molecule has 1 aromatic heterocycles. The van der Waals surface area contributed by atoms with Gasteiger partial charge in [-0.15, -0.1) is 10.2 Å². The first-order valence-corrected chi connectivity index (χ1v) is 7.33. The van der Waals surface area contributed by atoms with E-state index in [1.807, 2.05) is 6.92 Å². The fourth-order valence-corrected chi connectivity index (χ4v) is 2.69. The minimum atomic E-state index is -3.97. The molecule has 0 bridgehead atoms. The predicted octanol–water partition coefficient (Wildman–Crippen LogP) is 0.498. The molecule has 0 spiro atoms. The van der Waals surface area contributed by atoms with E-state index in [0.717, 1.165) is 12.1 Å². The van der Waals surface area contributed by atoms with Crippen LogP contribution in [0.15, 0.2) is 29.4 Å². The summed E-state index contributed by atoms with van der Waals surface area (Å²) in [7, 11) is -3.97. The second-order valence-corrected chi connectivity index (χ2v) is 5.78. The molecule has 0 radical (unpaired) electrons. The van der Waals surface area contributed by atoms with Crippen LogP contribution in [0.1, 0.15) is 12.7 Å². The van der Waals surface area contributed by atoms with Gasteiger partial charge in [0.2, 0.25) is 10.0 Å². The summed E-state index contributed by atoms with van der Waals surface area (Å²) >= 11 is 0. The molecule has 2 rings (SSSR count). The molecule has 0 aliphatic rings. The fourth-order valence-electron chi connectivity index (χ4n) is 1.65. The van der Waals surface area contributed by atoms with E-state index < -0.39 is 20.7 Å². The Balaban J connectivity index is 2.19. The van der Waals surface area contributed by atoms with Crippen molar-refractivity contribution in [2.45, 2.75) is 24.9 Å². The quantitative estimate of drug-likeness (QED) is 0.782. The number of halogens is 1. The standard InChI is InChI=1S/C11H14FN5O2S/c1-2-17-7-14-16-11(17)6-15-20(18,19)10-4-3-8(13)5-9(10)12/h3-5,7,15H,2,6,13H2,1H3. The van der Waals surface area contributed by atoms with Crippen LogP contribution in [0.25, 0.3) is 0 Å². The van der Waals surface area contributed by atoms with Crippen LogP contribution in [0.3, 0.4) is 0 Å². The van der Waals surface area contributed by atoms with Gasteiger partial charge in [0.1, 0.15) is 22.9 Å². The number of benzene rings is 1. The Morgan fingerprint density at radius 2 is 2.20 bits per heavy atom. The number of nitrogens with one attached hydrogen (secondary N) is 1. The molecule has 0 unspecified atom stereocenters. The van der Waals surface area contributed by atoms with Gasteiger partial charge in [-0.05, 0) is 25.1 Å². The van der Waals surface area contributed by atoms with Gasteiger partial charge in [0.25, 0.3) is 0 Å². The summed E-state index contributed by atoms with van der Waals surface area (Å²) in [5.74, 6) is -0.443. The van der Waals surface area contributed by atoms with Crippen molar-refractivity contribution in [3.8, 4) is 0 Å². The van der Waals surface area contributed by atoms with Gasteiger partial charge in [-0.2, -0.15) is 0 Å². The zero-order valence-electron chi connectivity index (χ0n) is 10.7. The average molecular weight is 299 g/mol. The van der Waals surface area contributed by atoms with Crippen molar-refractivity contribution in [2.75, 3.05) is 5.73 Å². The number of sulfonamides is 1. The molecule has 2 aromatic rings. The molecule has 0 saturated carbocycles. The lowest BCUT2D eigenvalue weighted by atomic mass is 10.3. The highest BCUT2D eigenvalue weighted by Gasteiger charge is 2.19. The van der Waals surface area contributed by atoms with Gasteiger partial charge in [-0.1, -0.05) is 0 Å². The summed E-state index contributed by atoms with van der Waals surface area (Å²) in [5.41, 5.74) is 5.54. The highest BCUT2D eigenvalue weighted by atomic mass is 32.2. The maximum Gasteiger partial charge on any atom is 0.243 e. The Bertz CT molecular complexity index is 713. The van der Waals surface area contributed by atoms with Crippen molar-refractivity contribution in [1.82, 2.24) is 19.5 Å². The number of nitrogens with two attached hydrogens (primary N) is 1. The summed E-state index contributed by atoms with van der Waals surface area (Å²) in [6, 6.07) is 3.41. The molecule has 0 amide bonds. The summed E-state index contributed by atoms with van der Waals surface area (Å²) in [6.45, 7) is 2.42. The van der Waals surface area contributed by atoms with E-state index in [4.69, 9.17) is 5.73 Å². The lowest BCUT2D eigenvalue weighted by molar-refractivity contribution is 0.553. The van der Waals surface area contributed by atoms with Gasteiger partial charge in [-0.3, -0.25) is 0 Å². The summed E-state index contributed by atoms with van der Waals surface area (Å²) in [5, 5.41) is 7.48. The number of rotatable bonds is 5. The van der Waals surface area contributed by atoms with Crippen LogP contribution in [0.4, 0.5) is 10.1 Å². The Morgan fingerprint density at radius 3 is 2.85 bits per heavy atom. The monoisotopic (exact) mass is 299 g/mol. The fraction of sp³-hybridized carbons (Fsp3) is 0.273. The van der Waals surface area contributed by atoms with Crippen molar-refractivity contribution >= 4 is 15.7 Å². The molecule has 7 nitrogen and oxygen atoms in total. The first-order chi connectivity index (χ1) is 9.44. The molecular weight excluding hydrogens is 285 g/mol. The average Bonchev–Trinajstić information content (AvgIpc) is 2.83. The summed E-state index contributed by atoms with van der Waals surface area (Å²) < 4.78 is 41.6. The number of aromatic nitrogens is 3. The molecule has 0 aliphatic carbocycles. The number of hydrogen-bond donors (Lipinski definition) is 2. The Kier molecular flexibility index (Phi) is 4.00. The van der Waals surface area contributed by atoms with E-state index in [9.17, 15) is 12.8 Å². The van der Waals surface area contributed by atoms with Gasteiger partial charge < -0.3 is 10.3 Å². The Labute approximate surface area is 115 Å². The van der Waals surface area contributed by atoms with Crippen molar-refractivity contribution in [3.05, 3.63) is 36.2 Å². The third-order valence-electron chi connectivity index (χ3n) is 2.70. The second kappa shape index (κ2) is 5.55.